The van der Waals surface area contributed by atoms with Gasteiger partial charge in [-0.1, -0.05) is 0 Å². The molecule has 0 heterocycles. The van der Waals surface area contributed by atoms with Crippen LogP contribution in [0.5, 0.6) is 5.75 Å². The van der Waals surface area contributed by atoms with Crippen molar-refractivity contribution in [3.63, 3.8) is 0 Å². The van der Waals surface area contributed by atoms with Gasteiger partial charge in [-0.15, -0.1) is 0 Å². The smallest absolute Gasteiger partial charge is 0.202 e. The van der Waals surface area contributed by atoms with Gasteiger partial charge in [0.2, 0.25) is 5.78 Å². The van der Waals surface area contributed by atoms with Crippen LogP contribution in [0.25, 0.3) is 0 Å². The van der Waals surface area contributed by atoms with Crippen LogP contribution in [0.2, 0.25) is 0 Å². The van der Waals surface area contributed by atoms with Gasteiger partial charge in [0.25, 0.3) is 0 Å². The number of allylic oxidation sites excluding steroid dienone is 1. The van der Waals surface area contributed by atoms with E-state index in [0.717, 1.165) is 24.0 Å². The number of carbonyl (C=O) groups is 1. The lowest BCUT2D eigenvalue weighted by atomic mass is 10.0. The van der Waals surface area contributed by atoms with Crippen molar-refractivity contribution in [2.75, 3.05) is 14.1 Å². The molecule has 4 heteroatoms. The van der Waals surface area contributed by atoms with Crippen LogP contribution in [0, 0.1) is 31.1 Å². The van der Waals surface area contributed by atoms with Crippen LogP contribution >= 0.6 is 0 Å². The quantitative estimate of drug-likeness (QED) is 0.616. The molecule has 0 spiro atoms. The predicted molar refractivity (Wildman–Crippen MR) is 80.8 cm³/mol. The van der Waals surface area contributed by atoms with Gasteiger partial charge in [-0.25, -0.2) is 0 Å². The average molecular weight is 284 g/mol. The Balaban J connectivity index is 2.29. The summed E-state index contributed by atoms with van der Waals surface area (Å²) in [7, 11) is 3.72. The van der Waals surface area contributed by atoms with E-state index in [1.165, 1.54) is 0 Å². The highest BCUT2D eigenvalue weighted by atomic mass is 16.5. The lowest BCUT2D eigenvalue weighted by molar-refractivity contribution is -0.118. The highest BCUT2D eigenvalue weighted by Crippen LogP contribution is 2.33. The fourth-order valence-corrected chi connectivity index (χ4v) is 2.21. The molecule has 1 aliphatic rings. The number of benzene rings is 1. The van der Waals surface area contributed by atoms with Gasteiger partial charge in [-0.2, -0.15) is 5.26 Å². The number of aryl methyl sites for hydroxylation is 2. The molecular formula is C17H20N2O2. The molecule has 1 aromatic rings. The molecule has 0 aliphatic heterocycles. The second-order valence-corrected chi connectivity index (χ2v) is 5.74. The van der Waals surface area contributed by atoms with Crippen molar-refractivity contribution in [1.82, 2.24) is 4.90 Å². The van der Waals surface area contributed by atoms with Crippen molar-refractivity contribution >= 4 is 5.78 Å². The summed E-state index contributed by atoms with van der Waals surface area (Å²) in [5.41, 5.74) is 2.38. The first-order valence-corrected chi connectivity index (χ1v) is 7.04. The van der Waals surface area contributed by atoms with Crippen LogP contribution < -0.4 is 4.74 Å². The van der Waals surface area contributed by atoms with E-state index in [1.54, 1.807) is 23.2 Å². The van der Waals surface area contributed by atoms with Crippen LogP contribution in [0.4, 0.5) is 0 Å². The molecule has 0 saturated heterocycles. The SMILES string of the molecule is Cc1cc(OC(=CN(C)C)C(=O)C2CC2)cc(C)c1C#N. The Morgan fingerprint density at radius 1 is 1.33 bits per heavy atom. The average Bonchev–Trinajstić information content (AvgIpc) is 3.20. The van der Waals surface area contributed by atoms with E-state index < -0.39 is 0 Å². The lowest BCUT2D eigenvalue weighted by Crippen LogP contribution is -2.15. The minimum absolute atomic E-state index is 0.0587. The van der Waals surface area contributed by atoms with Gasteiger partial charge in [0.15, 0.2) is 5.76 Å². The molecule has 4 nitrogen and oxygen atoms in total. The van der Waals surface area contributed by atoms with Crippen LogP contribution in [0.1, 0.15) is 29.5 Å². The molecule has 0 aromatic heterocycles. The second kappa shape index (κ2) is 6.01. The molecule has 0 N–H and O–H groups in total. The topological polar surface area (TPSA) is 53.3 Å². The number of hydrogen-bond acceptors (Lipinski definition) is 4. The molecule has 1 fully saturated rings. The normalized spacial score (nSPS) is 14.5. The van der Waals surface area contributed by atoms with Gasteiger partial charge in [0.05, 0.1) is 11.6 Å². The summed E-state index contributed by atoms with van der Waals surface area (Å²) in [6.45, 7) is 3.74. The highest BCUT2D eigenvalue weighted by Gasteiger charge is 2.33. The van der Waals surface area contributed by atoms with E-state index in [-0.39, 0.29) is 11.7 Å². The molecule has 1 aromatic carbocycles. The molecule has 0 radical (unpaired) electrons. The highest BCUT2D eigenvalue weighted by molar-refractivity contribution is 5.97. The van der Waals surface area contributed by atoms with E-state index in [2.05, 4.69) is 6.07 Å². The monoisotopic (exact) mass is 284 g/mol. The Hall–Kier alpha value is -2.28. The van der Waals surface area contributed by atoms with Crippen molar-refractivity contribution in [2.45, 2.75) is 26.7 Å². The van der Waals surface area contributed by atoms with Crippen molar-refractivity contribution in [3.05, 3.63) is 40.8 Å². The zero-order valence-corrected chi connectivity index (χ0v) is 12.9. The van der Waals surface area contributed by atoms with Gasteiger partial charge in [0, 0.05) is 26.2 Å². The van der Waals surface area contributed by atoms with Crippen LogP contribution in [0.15, 0.2) is 24.1 Å². The summed E-state index contributed by atoms with van der Waals surface area (Å²) in [5.74, 6) is 1.14. The van der Waals surface area contributed by atoms with E-state index >= 15 is 0 Å². The number of nitriles is 1. The lowest BCUT2D eigenvalue weighted by Gasteiger charge is -2.14. The largest absolute Gasteiger partial charge is 0.452 e. The third kappa shape index (κ3) is 3.63. The van der Waals surface area contributed by atoms with E-state index in [4.69, 9.17) is 10.00 Å². The Labute approximate surface area is 125 Å². The number of nitrogens with zero attached hydrogens (tertiary/aromatic N) is 2. The molecule has 0 bridgehead atoms. The van der Waals surface area contributed by atoms with Crippen LogP contribution in [-0.4, -0.2) is 24.8 Å². The Kier molecular flexibility index (Phi) is 4.32. The summed E-state index contributed by atoms with van der Waals surface area (Å²) >= 11 is 0. The fourth-order valence-electron chi connectivity index (χ4n) is 2.21. The maximum absolute atomic E-state index is 12.3. The third-order valence-corrected chi connectivity index (χ3v) is 3.41. The van der Waals surface area contributed by atoms with Crippen molar-refractivity contribution < 1.29 is 9.53 Å². The van der Waals surface area contributed by atoms with E-state index in [0.29, 0.717) is 17.1 Å². The van der Waals surface area contributed by atoms with Crippen LogP contribution in [0.3, 0.4) is 0 Å². The number of Topliss-reactive ketones (excluding diaryl/α,β-unsaturated/α-hetero) is 1. The summed E-state index contributed by atoms with van der Waals surface area (Å²) in [6.07, 6.45) is 3.60. The summed E-state index contributed by atoms with van der Waals surface area (Å²) in [5, 5.41) is 9.10. The fraction of sp³-hybridized carbons (Fsp3) is 0.412. The van der Waals surface area contributed by atoms with Gasteiger partial charge in [-0.05, 0) is 49.9 Å². The standard InChI is InChI=1S/C17H20N2O2/c1-11-7-14(8-12(2)15(11)9-18)21-16(10-19(3)4)17(20)13-5-6-13/h7-8,10,13H,5-6H2,1-4H3. The van der Waals surface area contributed by atoms with E-state index in [9.17, 15) is 4.79 Å². The maximum Gasteiger partial charge on any atom is 0.202 e. The Morgan fingerprint density at radius 2 is 1.90 bits per heavy atom. The minimum Gasteiger partial charge on any atom is -0.452 e. The molecule has 21 heavy (non-hydrogen) atoms. The molecule has 0 atom stereocenters. The molecule has 2 rings (SSSR count). The first-order valence-electron chi connectivity index (χ1n) is 7.04. The van der Waals surface area contributed by atoms with Crippen LogP contribution in [-0.2, 0) is 4.79 Å². The number of hydrogen-bond donors (Lipinski definition) is 0. The Bertz CT molecular complexity index is 612. The van der Waals surface area contributed by atoms with Gasteiger partial charge >= 0.3 is 0 Å². The summed E-state index contributed by atoms with van der Waals surface area (Å²) in [4.78, 5) is 14.1. The zero-order chi connectivity index (χ0) is 15.6. The number of ketones is 1. The van der Waals surface area contributed by atoms with Gasteiger partial charge in [-0.3, -0.25) is 4.79 Å². The first-order chi connectivity index (χ1) is 9.92. The number of carbonyl (C=O) groups excluding carboxylic acids is 1. The predicted octanol–water partition coefficient (Wildman–Crippen LogP) is 2.94. The third-order valence-electron chi connectivity index (χ3n) is 3.41. The second-order valence-electron chi connectivity index (χ2n) is 5.74. The van der Waals surface area contributed by atoms with Crippen molar-refractivity contribution in [3.8, 4) is 11.8 Å². The summed E-state index contributed by atoms with van der Waals surface area (Å²) < 4.78 is 5.81. The maximum atomic E-state index is 12.3. The zero-order valence-electron chi connectivity index (χ0n) is 12.9. The minimum atomic E-state index is 0.0587. The number of rotatable bonds is 5. The van der Waals surface area contributed by atoms with Crippen molar-refractivity contribution in [1.29, 1.82) is 5.26 Å². The first kappa shape index (κ1) is 15.1. The van der Waals surface area contributed by atoms with Gasteiger partial charge < -0.3 is 9.64 Å². The summed E-state index contributed by atoms with van der Waals surface area (Å²) in [6, 6.07) is 5.78. The van der Waals surface area contributed by atoms with Gasteiger partial charge in [0.1, 0.15) is 5.75 Å². The molecule has 1 aliphatic carbocycles. The number of ether oxygens (including phenoxy) is 1. The molecule has 0 unspecified atom stereocenters. The molecule has 1 saturated carbocycles. The Morgan fingerprint density at radius 3 is 2.33 bits per heavy atom. The van der Waals surface area contributed by atoms with E-state index in [1.807, 2.05) is 27.9 Å². The van der Waals surface area contributed by atoms with Crippen molar-refractivity contribution in [2.24, 2.45) is 5.92 Å². The molecule has 110 valence electrons. The molecule has 0 amide bonds. The molecular weight excluding hydrogens is 264 g/mol.